The smallest absolute Gasteiger partial charge is 0.248 e. The Kier molecular flexibility index (Phi) is 5.77. The van der Waals surface area contributed by atoms with Crippen molar-refractivity contribution >= 4 is 23.6 Å². The first kappa shape index (κ1) is 17.6. The lowest BCUT2D eigenvalue weighted by molar-refractivity contribution is -0.137. The Labute approximate surface area is 137 Å². The number of nitrogens with zero attached hydrogens (tertiary/aromatic N) is 2. The van der Waals surface area contributed by atoms with Crippen LogP contribution in [0.4, 0.5) is 0 Å². The molecule has 1 atom stereocenters. The number of carbonyl (C=O) groups excluding carboxylic acids is 2. The lowest BCUT2D eigenvalue weighted by Crippen LogP contribution is -2.60. The summed E-state index contributed by atoms with van der Waals surface area (Å²) in [5, 5.41) is 0. The number of ether oxygens (including phenoxy) is 1. The average molecular weight is 328 g/mol. The van der Waals surface area contributed by atoms with E-state index in [0.29, 0.717) is 12.3 Å². The number of hydrogen-bond donors (Lipinski definition) is 0. The fourth-order valence-corrected chi connectivity index (χ4v) is 4.40. The molecular weight excluding hydrogens is 300 g/mol. The topological polar surface area (TPSA) is 49.9 Å². The van der Waals surface area contributed by atoms with E-state index in [1.807, 2.05) is 16.7 Å². The van der Waals surface area contributed by atoms with Crippen LogP contribution in [-0.2, 0) is 14.3 Å². The van der Waals surface area contributed by atoms with Gasteiger partial charge in [0.15, 0.2) is 0 Å². The highest BCUT2D eigenvalue weighted by Crippen LogP contribution is 2.46. The number of amides is 2. The molecule has 0 aromatic carbocycles. The number of thioether (sulfide) groups is 1. The highest BCUT2D eigenvalue weighted by atomic mass is 32.2. The number of carbonyl (C=O) groups is 2. The quantitative estimate of drug-likeness (QED) is 0.743. The molecule has 0 aromatic rings. The summed E-state index contributed by atoms with van der Waals surface area (Å²) >= 11 is 1.90. The summed E-state index contributed by atoms with van der Waals surface area (Å²) in [6.45, 7) is 6.14. The molecule has 2 heterocycles. The van der Waals surface area contributed by atoms with Gasteiger partial charge in [0, 0.05) is 39.4 Å². The van der Waals surface area contributed by atoms with Gasteiger partial charge < -0.3 is 14.5 Å². The molecule has 0 radical (unpaired) electrons. The Bertz CT molecular complexity index is 420. The van der Waals surface area contributed by atoms with Crippen LogP contribution >= 0.6 is 11.8 Å². The van der Waals surface area contributed by atoms with Gasteiger partial charge >= 0.3 is 0 Å². The van der Waals surface area contributed by atoms with Crippen LogP contribution in [0.15, 0.2) is 0 Å². The van der Waals surface area contributed by atoms with E-state index in [4.69, 9.17) is 4.74 Å². The van der Waals surface area contributed by atoms with Crippen molar-refractivity contribution in [3.63, 3.8) is 0 Å². The van der Waals surface area contributed by atoms with Crippen molar-refractivity contribution in [2.75, 3.05) is 39.5 Å². The van der Waals surface area contributed by atoms with Crippen LogP contribution in [0.25, 0.3) is 0 Å². The summed E-state index contributed by atoms with van der Waals surface area (Å²) in [6, 6.07) is 0. The Morgan fingerprint density at radius 2 is 2.05 bits per heavy atom. The molecule has 6 heteroatoms. The van der Waals surface area contributed by atoms with E-state index in [2.05, 4.69) is 13.8 Å². The van der Waals surface area contributed by atoms with Crippen LogP contribution in [0.3, 0.4) is 0 Å². The van der Waals surface area contributed by atoms with Gasteiger partial charge in [-0.2, -0.15) is 0 Å². The zero-order valence-corrected chi connectivity index (χ0v) is 14.9. The predicted octanol–water partition coefficient (Wildman–Crippen LogP) is 1.61. The minimum absolute atomic E-state index is 0.00468. The van der Waals surface area contributed by atoms with Crippen molar-refractivity contribution in [2.45, 2.75) is 44.0 Å². The second-order valence-electron chi connectivity index (χ2n) is 7.10. The summed E-state index contributed by atoms with van der Waals surface area (Å²) in [5.41, 5.74) is 0. The first-order chi connectivity index (χ1) is 10.3. The van der Waals surface area contributed by atoms with E-state index >= 15 is 0 Å². The fraction of sp³-hybridized carbons (Fsp3) is 0.875. The van der Waals surface area contributed by atoms with E-state index < -0.39 is 0 Å². The van der Waals surface area contributed by atoms with E-state index in [1.54, 1.807) is 19.0 Å². The molecule has 0 bridgehead atoms. The summed E-state index contributed by atoms with van der Waals surface area (Å²) in [6.07, 6.45) is 2.72. The van der Waals surface area contributed by atoms with E-state index in [1.165, 1.54) is 0 Å². The largest absolute Gasteiger partial charge is 0.367 e. The predicted molar refractivity (Wildman–Crippen MR) is 88.9 cm³/mol. The second-order valence-corrected chi connectivity index (χ2v) is 8.59. The van der Waals surface area contributed by atoms with Crippen LogP contribution in [0.5, 0.6) is 0 Å². The molecule has 0 unspecified atom stereocenters. The Hall–Kier alpha value is -0.750. The van der Waals surface area contributed by atoms with Crippen LogP contribution in [0.2, 0.25) is 0 Å². The van der Waals surface area contributed by atoms with Crippen LogP contribution in [0.1, 0.15) is 33.1 Å². The highest BCUT2D eigenvalue weighted by Gasteiger charge is 2.50. The van der Waals surface area contributed by atoms with Crippen LogP contribution in [0, 0.1) is 5.92 Å². The van der Waals surface area contributed by atoms with Crippen molar-refractivity contribution < 1.29 is 14.3 Å². The summed E-state index contributed by atoms with van der Waals surface area (Å²) in [7, 11) is 3.48. The molecule has 2 fully saturated rings. The zero-order valence-electron chi connectivity index (χ0n) is 14.1. The molecule has 0 saturated carbocycles. The van der Waals surface area contributed by atoms with E-state index in [0.717, 1.165) is 31.7 Å². The minimum Gasteiger partial charge on any atom is -0.367 e. The number of likely N-dealkylation sites (tertiary alicyclic amines) is 1. The van der Waals surface area contributed by atoms with Gasteiger partial charge in [-0.25, -0.2) is 0 Å². The molecule has 126 valence electrons. The van der Waals surface area contributed by atoms with E-state index in [-0.39, 0.29) is 29.3 Å². The monoisotopic (exact) mass is 328 g/mol. The van der Waals surface area contributed by atoms with Gasteiger partial charge in [0.1, 0.15) is 6.61 Å². The summed E-state index contributed by atoms with van der Waals surface area (Å²) in [5.74, 6) is 1.79. The van der Waals surface area contributed by atoms with Gasteiger partial charge in [0.25, 0.3) is 0 Å². The number of likely N-dealkylation sites (N-methyl/N-ethyl adjacent to an activating group) is 1. The highest BCUT2D eigenvalue weighted by molar-refractivity contribution is 8.01. The normalized spacial score (nSPS) is 23.0. The van der Waals surface area contributed by atoms with E-state index in [9.17, 15) is 9.59 Å². The molecule has 2 aliphatic rings. The van der Waals surface area contributed by atoms with Crippen molar-refractivity contribution in [3.8, 4) is 0 Å². The van der Waals surface area contributed by atoms with Gasteiger partial charge in [0.05, 0.1) is 10.9 Å². The molecule has 2 rings (SSSR count). The van der Waals surface area contributed by atoms with Crippen LogP contribution in [-0.4, -0.2) is 72.0 Å². The molecule has 22 heavy (non-hydrogen) atoms. The molecule has 0 aromatic heterocycles. The second kappa shape index (κ2) is 7.21. The van der Waals surface area contributed by atoms with Gasteiger partial charge in [-0.05, 0) is 18.8 Å². The maximum atomic E-state index is 12.1. The first-order valence-electron chi connectivity index (χ1n) is 8.05. The molecule has 1 spiro atoms. The van der Waals surface area contributed by atoms with Crippen molar-refractivity contribution in [2.24, 2.45) is 5.92 Å². The molecule has 0 aliphatic carbocycles. The van der Waals surface area contributed by atoms with Crippen molar-refractivity contribution in [3.05, 3.63) is 0 Å². The molecule has 0 N–H and O–H groups in total. The summed E-state index contributed by atoms with van der Waals surface area (Å²) in [4.78, 5) is 27.2. The van der Waals surface area contributed by atoms with Crippen molar-refractivity contribution in [1.82, 2.24) is 9.80 Å². The Balaban J connectivity index is 1.69. The molecule has 2 amide bonds. The minimum atomic E-state index is 0.00468. The fourth-order valence-electron chi connectivity index (χ4n) is 2.84. The van der Waals surface area contributed by atoms with Crippen LogP contribution < -0.4 is 0 Å². The summed E-state index contributed by atoms with van der Waals surface area (Å²) < 4.78 is 5.90. The Morgan fingerprint density at radius 3 is 2.64 bits per heavy atom. The maximum Gasteiger partial charge on any atom is 0.248 e. The van der Waals surface area contributed by atoms with Gasteiger partial charge in [-0.15, -0.1) is 11.8 Å². The lowest BCUT2D eigenvalue weighted by Gasteiger charge is -2.47. The number of hydrogen-bond acceptors (Lipinski definition) is 4. The first-order valence-corrected chi connectivity index (χ1v) is 9.03. The lowest BCUT2D eigenvalue weighted by atomic mass is 9.92. The maximum absolute atomic E-state index is 12.1. The van der Waals surface area contributed by atoms with Gasteiger partial charge in [0.2, 0.25) is 11.8 Å². The molecule has 2 aliphatic heterocycles. The molecule has 5 nitrogen and oxygen atoms in total. The zero-order chi connectivity index (χ0) is 16.3. The third kappa shape index (κ3) is 4.38. The van der Waals surface area contributed by atoms with Gasteiger partial charge in [-0.3, -0.25) is 9.59 Å². The molecule has 2 saturated heterocycles. The molecular formula is C16H28N2O3S. The Morgan fingerprint density at radius 1 is 1.36 bits per heavy atom. The number of rotatable bonds is 6. The van der Waals surface area contributed by atoms with Crippen molar-refractivity contribution in [1.29, 1.82) is 0 Å². The third-order valence-corrected chi connectivity index (χ3v) is 5.94. The SMILES string of the molecule is CC(C)CCC(=O)N1CC2(C[C@@H](OCC(=O)N(C)C)CS2)C1. The third-order valence-electron chi connectivity index (χ3n) is 4.36. The standard InChI is InChI=1S/C16H28N2O3S/c1-12(2)5-6-14(19)18-10-16(11-18)7-13(9-22-16)21-8-15(20)17(3)4/h12-13H,5-11H2,1-4H3/t13-/m1/s1. The van der Waals surface area contributed by atoms with Gasteiger partial charge in [-0.1, -0.05) is 13.8 Å². The average Bonchev–Trinajstić information content (AvgIpc) is 2.84.